The second-order valence-electron chi connectivity index (χ2n) is 8.90. The fourth-order valence-corrected chi connectivity index (χ4v) is 6.79. The number of benzene rings is 3. The summed E-state index contributed by atoms with van der Waals surface area (Å²) in [5, 5.41) is 2.82. The number of piperidine rings is 1. The summed E-state index contributed by atoms with van der Waals surface area (Å²) in [5.74, 6) is -0.581. The minimum Gasteiger partial charge on any atom is -0.326 e. The molecule has 8 nitrogen and oxygen atoms in total. The molecule has 1 aliphatic rings. The number of aryl methyl sites for hydroxylation is 1. The molecule has 0 spiro atoms. The van der Waals surface area contributed by atoms with Gasteiger partial charge in [-0.15, -0.1) is 0 Å². The summed E-state index contributed by atoms with van der Waals surface area (Å²) in [7, 11) is -7.21. The second-order valence-corrected chi connectivity index (χ2v) is 12.6. The molecule has 190 valence electrons. The van der Waals surface area contributed by atoms with Gasteiger partial charge in [-0.1, -0.05) is 48.0 Å². The van der Waals surface area contributed by atoms with E-state index >= 15 is 0 Å². The molecule has 1 fully saturated rings. The third-order valence-electron chi connectivity index (χ3n) is 6.11. The summed E-state index contributed by atoms with van der Waals surface area (Å²) < 4.78 is 54.8. The molecule has 10 heteroatoms. The standard InChI is InChI=1S/C26H29N3O5S2/c1-20-6-5-7-21(18-20)19-35(31,32)29-16-14-22(15-17-29)26(30)27-23-10-12-25(13-11-23)36(33,34)28-24-8-3-2-4-9-24/h2-13,18,22,28H,14-17,19H2,1H3,(H,27,30). The van der Waals surface area contributed by atoms with Crippen LogP contribution in [0.2, 0.25) is 0 Å². The van der Waals surface area contributed by atoms with E-state index in [0.717, 1.165) is 11.1 Å². The van der Waals surface area contributed by atoms with Gasteiger partial charge in [-0.2, -0.15) is 0 Å². The molecule has 3 aromatic rings. The summed E-state index contributed by atoms with van der Waals surface area (Å²) in [4.78, 5) is 12.8. The van der Waals surface area contributed by atoms with Crippen LogP contribution in [0.4, 0.5) is 11.4 Å². The number of sulfonamides is 2. The molecule has 0 unspecified atom stereocenters. The first-order chi connectivity index (χ1) is 17.1. The topological polar surface area (TPSA) is 113 Å². The van der Waals surface area contributed by atoms with E-state index in [1.54, 1.807) is 48.5 Å². The highest BCUT2D eigenvalue weighted by atomic mass is 32.2. The minimum absolute atomic E-state index is 0.0556. The van der Waals surface area contributed by atoms with E-state index in [-0.39, 0.29) is 35.6 Å². The van der Waals surface area contributed by atoms with E-state index in [4.69, 9.17) is 0 Å². The number of carbonyl (C=O) groups excluding carboxylic acids is 1. The molecule has 0 aliphatic carbocycles. The number of anilines is 2. The van der Waals surface area contributed by atoms with Crippen molar-refractivity contribution in [1.82, 2.24) is 4.31 Å². The normalized spacial score (nSPS) is 15.4. The van der Waals surface area contributed by atoms with Crippen molar-refractivity contribution in [3.8, 4) is 0 Å². The highest BCUT2D eigenvalue weighted by molar-refractivity contribution is 7.92. The van der Waals surface area contributed by atoms with E-state index in [9.17, 15) is 21.6 Å². The van der Waals surface area contributed by atoms with Crippen molar-refractivity contribution in [2.45, 2.75) is 30.4 Å². The van der Waals surface area contributed by atoms with Gasteiger partial charge in [-0.3, -0.25) is 9.52 Å². The summed E-state index contributed by atoms with van der Waals surface area (Å²) in [6.07, 6.45) is 0.846. The molecule has 0 radical (unpaired) electrons. The molecular formula is C26H29N3O5S2. The van der Waals surface area contributed by atoms with E-state index < -0.39 is 20.0 Å². The van der Waals surface area contributed by atoms with Gasteiger partial charge < -0.3 is 5.32 Å². The van der Waals surface area contributed by atoms with Crippen LogP contribution in [0.15, 0.2) is 83.8 Å². The monoisotopic (exact) mass is 527 g/mol. The molecule has 1 amide bonds. The maximum absolute atomic E-state index is 12.8. The van der Waals surface area contributed by atoms with Crippen molar-refractivity contribution < 1.29 is 21.6 Å². The number of amides is 1. The zero-order valence-corrected chi connectivity index (χ0v) is 21.6. The lowest BCUT2D eigenvalue weighted by Crippen LogP contribution is -2.41. The van der Waals surface area contributed by atoms with E-state index in [2.05, 4.69) is 10.0 Å². The van der Waals surface area contributed by atoms with Gasteiger partial charge in [0.15, 0.2) is 0 Å². The predicted molar refractivity (Wildman–Crippen MR) is 140 cm³/mol. The minimum atomic E-state index is -3.75. The molecular weight excluding hydrogens is 498 g/mol. The van der Waals surface area contributed by atoms with E-state index in [0.29, 0.717) is 24.2 Å². The molecule has 36 heavy (non-hydrogen) atoms. The maximum Gasteiger partial charge on any atom is 0.261 e. The Bertz CT molecular complexity index is 1420. The molecule has 0 aromatic heterocycles. The molecule has 0 atom stereocenters. The number of carbonyl (C=O) groups is 1. The molecule has 0 saturated carbocycles. The number of nitrogens with zero attached hydrogens (tertiary/aromatic N) is 1. The van der Waals surface area contributed by atoms with Crippen molar-refractivity contribution in [1.29, 1.82) is 0 Å². The smallest absolute Gasteiger partial charge is 0.261 e. The first-order valence-electron chi connectivity index (χ1n) is 11.6. The van der Waals surface area contributed by atoms with Crippen LogP contribution in [0.25, 0.3) is 0 Å². The third-order valence-corrected chi connectivity index (χ3v) is 9.36. The molecule has 1 saturated heterocycles. The van der Waals surface area contributed by atoms with Crippen LogP contribution in [0, 0.1) is 12.8 Å². The lowest BCUT2D eigenvalue weighted by molar-refractivity contribution is -0.120. The Morgan fingerprint density at radius 1 is 0.861 bits per heavy atom. The van der Waals surface area contributed by atoms with Gasteiger partial charge in [0.2, 0.25) is 15.9 Å². The second kappa shape index (κ2) is 10.8. The van der Waals surface area contributed by atoms with Crippen LogP contribution < -0.4 is 10.0 Å². The van der Waals surface area contributed by atoms with E-state index in [1.807, 2.05) is 25.1 Å². The van der Waals surface area contributed by atoms with Crippen LogP contribution in [0.1, 0.15) is 24.0 Å². The van der Waals surface area contributed by atoms with Gasteiger partial charge in [0.05, 0.1) is 10.6 Å². The molecule has 3 aromatic carbocycles. The Labute approximate surface area is 212 Å². The van der Waals surface area contributed by atoms with Crippen molar-refractivity contribution >= 4 is 37.3 Å². The van der Waals surface area contributed by atoms with Crippen molar-refractivity contribution in [3.05, 3.63) is 90.0 Å². The van der Waals surface area contributed by atoms with Gasteiger partial charge in [-0.25, -0.2) is 21.1 Å². The summed E-state index contributed by atoms with van der Waals surface area (Å²) >= 11 is 0. The third kappa shape index (κ3) is 6.51. The van der Waals surface area contributed by atoms with Crippen LogP contribution in [-0.2, 0) is 30.6 Å². The fourth-order valence-electron chi connectivity index (χ4n) is 4.18. The number of hydrogen-bond acceptors (Lipinski definition) is 5. The Morgan fingerprint density at radius 3 is 2.17 bits per heavy atom. The summed E-state index contributed by atoms with van der Waals surface area (Å²) in [6, 6.07) is 22.0. The summed E-state index contributed by atoms with van der Waals surface area (Å²) in [6.45, 7) is 2.50. The fraction of sp³-hybridized carbons (Fsp3) is 0.269. The van der Waals surface area contributed by atoms with Crippen LogP contribution in [0.3, 0.4) is 0 Å². The maximum atomic E-state index is 12.8. The average molecular weight is 528 g/mol. The highest BCUT2D eigenvalue weighted by Crippen LogP contribution is 2.24. The first-order valence-corrected chi connectivity index (χ1v) is 14.7. The Balaban J connectivity index is 1.31. The Morgan fingerprint density at radius 2 is 1.53 bits per heavy atom. The molecule has 1 aliphatic heterocycles. The number of nitrogens with one attached hydrogen (secondary N) is 2. The van der Waals surface area contributed by atoms with Crippen molar-refractivity contribution in [2.75, 3.05) is 23.1 Å². The zero-order valence-electron chi connectivity index (χ0n) is 19.9. The van der Waals surface area contributed by atoms with Gasteiger partial charge >= 0.3 is 0 Å². The number of para-hydroxylation sites is 1. The highest BCUT2D eigenvalue weighted by Gasteiger charge is 2.31. The van der Waals surface area contributed by atoms with Crippen molar-refractivity contribution in [3.63, 3.8) is 0 Å². The summed E-state index contributed by atoms with van der Waals surface area (Å²) in [5.41, 5.74) is 2.70. The molecule has 2 N–H and O–H groups in total. The number of rotatable bonds is 8. The molecule has 0 bridgehead atoms. The largest absolute Gasteiger partial charge is 0.326 e. The van der Waals surface area contributed by atoms with Gasteiger partial charge in [0.1, 0.15) is 0 Å². The SMILES string of the molecule is Cc1cccc(CS(=O)(=O)N2CCC(C(=O)Nc3ccc(S(=O)(=O)Nc4ccccc4)cc3)CC2)c1. The molecule has 4 rings (SSSR count). The van der Waals surface area contributed by atoms with Crippen LogP contribution >= 0.6 is 0 Å². The van der Waals surface area contributed by atoms with Gasteiger partial charge in [0.25, 0.3) is 10.0 Å². The zero-order chi connectivity index (χ0) is 25.8. The van der Waals surface area contributed by atoms with Crippen molar-refractivity contribution in [2.24, 2.45) is 5.92 Å². The number of hydrogen-bond donors (Lipinski definition) is 2. The average Bonchev–Trinajstić information content (AvgIpc) is 2.84. The molecule has 1 heterocycles. The van der Waals surface area contributed by atoms with Gasteiger partial charge in [-0.05, 0) is 61.7 Å². The quantitative estimate of drug-likeness (QED) is 0.460. The van der Waals surface area contributed by atoms with Crippen LogP contribution in [-0.4, -0.2) is 40.1 Å². The predicted octanol–water partition coefficient (Wildman–Crippen LogP) is 3.98. The van der Waals surface area contributed by atoms with E-state index in [1.165, 1.54) is 16.4 Å². The Kier molecular flexibility index (Phi) is 7.77. The van der Waals surface area contributed by atoms with Crippen LogP contribution in [0.5, 0.6) is 0 Å². The lowest BCUT2D eigenvalue weighted by atomic mass is 9.97. The van der Waals surface area contributed by atoms with Gasteiger partial charge in [0, 0.05) is 30.4 Å². The Hall–Kier alpha value is -3.21. The lowest BCUT2D eigenvalue weighted by Gasteiger charge is -2.30. The first kappa shape index (κ1) is 25.9.